The molecule has 23 heavy (non-hydrogen) atoms. The maximum atomic E-state index is 12.6. The van der Waals surface area contributed by atoms with E-state index in [1.54, 1.807) is 6.20 Å². The largest absolute Gasteiger partial charge is 0.322 e. The third-order valence-corrected chi connectivity index (χ3v) is 4.05. The van der Waals surface area contributed by atoms with Gasteiger partial charge in [0.2, 0.25) is 0 Å². The van der Waals surface area contributed by atoms with E-state index >= 15 is 0 Å². The topological polar surface area (TPSA) is 46.9 Å². The van der Waals surface area contributed by atoms with E-state index in [-0.39, 0.29) is 5.91 Å². The maximum absolute atomic E-state index is 12.6. The van der Waals surface area contributed by atoms with Crippen LogP contribution in [0, 0.1) is 0 Å². The molecule has 0 aliphatic heterocycles. The Balaban J connectivity index is 1.69. The van der Waals surface area contributed by atoms with Gasteiger partial charge in [0.05, 0.1) is 23.1 Å². The summed E-state index contributed by atoms with van der Waals surface area (Å²) in [6.45, 7) is 0. The van der Waals surface area contributed by atoms with Crippen LogP contribution < -0.4 is 5.32 Å². The zero-order valence-electron chi connectivity index (χ0n) is 12.6. The molecular weight excluding hydrogens is 286 g/mol. The van der Waals surface area contributed by atoms with Crippen LogP contribution >= 0.6 is 0 Å². The lowest BCUT2D eigenvalue weighted by Crippen LogP contribution is -2.14. The Labute approximate surface area is 134 Å². The second-order valence-corrected chi connectivity index (χ2v) is 5.79. The lowest BCUT2D eigenvalue weighted by Gasteiger charge is -2.09. The molecule has 1 aromatic heterocycles. The molecule has 0 spiro atoms. The smallest absolute Gasteiger partial charge is 0.259 e. The summed E-state index contributed by atoms with van der Waals surface area (Å²) in [6, 6.07) is 19.5. The Morgan fingerprint density at radius 3 is 2.30 bits per heavy atom. The van der Waals surface area contributed by atoms with Crippen LogP contribution in [-0.4, -0.2) is 15.7 Å². The molecule has 1 amide bonds. The number of hydrogen-bond acceptors (Lipinski definition) is 2. The minimum absolute atomic E-state index is 0.0970. The van der Waals surface area contributed by atoms with Gasteiger partial charge in [-0.3, -0.25) is 4.79 Å². The number of benzene rings is 2. The summed E-state index contributed by atoms with van der Waals surface area (Å²) in [5, 5.41) is 7.42. The van der Waals surface area contributed by atoms with E-state index in [0.29, 0.717) is 11.5 Å². The van der Waals surface area contributed by atoms with Gasteiger partial charge >= 0.3 is 0 Å². The molecule has 0 radical (unpaired) electrons. The van der Waals surface area contributed by atoms with Crippen LogP contribution in [0.15, 0.2) is 66.9 Å². The van der Waals surface area contributed by atoms with Crippen LogP contribution in [-0.2, 0) is 0 Å². The van der Waals surface area contributed by atoms with Gasteiger partial charge in [-0.2, -0.15) is 5.10 Å². The average molecular weight is 303 g/mol. The van der Waals surface area contributed by atoms with E-state index in [9.17, 15) is 4.79 Å². The van der Waals surface area contributed by atoms with Crippen molar-refractivity contribution in [2.75, 3.05) is 5.32 Å². The number of amides is 1. The fourth-order valence-electron chi connectivity index (χ4n) is 2.78. The number of carbonyl (C=O) groups is 1. The van der Waals surface area contributed by atoms with Gasteiger partial charge in [-0.25, -0.2) is 4.68 Å². The van der Waals surface area contributed by atoms with Gasteiger partial charge in [0.25, 0.3) is 5.91 Å². The zero-order chi connectivity index (χ0) is 15.6. The Kier molecular flexibility index (Phi) is 3.42. The molecule has 114 valence electrons. The first-order valence-corrected chi connectivity index (χ1v) is 7.82. The molecule has 4 heteroatoms. The van der Waals surface area contributed by atoms with Crippen LogP contribution in [0.5, 0.6) is 0 Å². The van der Waals surface area contributed by atoms with Crippen molar-refractivity contribution >= 4 is 11.6 Å². The average Bonchev–Trinajstić information content (AvgIpc) is 3.34. The quantitative estimate of drug-likeness (QED) is 0.792. The Hall–Kier alpha value is -2.88. The number of hydrogen-bond donors (Lipinski definition) is 1. The highest BCUT2D eigenvalue weighted by molar-refractivity contribution is 6.05. The van der Waals surface area contributed by atoms with E-state index in [1.165, 1.54) is 0 Å². The van der Waals surface area contributed by atoms with Crippen LogP contribution in [0.3, 0.4) is 0 Å². The molecule has 1 saturated carbocycles. The van der Waals surface area contributed by atoms with Crippen molar-refractivity contribution in [3.63, 3.8) is 0 Å². The second-order valence-electron chi connectivity index (χ2n) is 5.79. The minimum Gasteiger partial charge on any atom is -0.322 e. The summed E-state index contributed by atoms with van der Waals surface area (Å²) < 4.78 is 1.90. The van der Waals surface area contributed by atoms with E-state index in [4.69, 9.17) is 0 Å². The Morgan fingerprint density at radius 2 is 1.65 bits per heavy atom. The molecule has 3 aromatic rings. The highest BCUT2D eigenvalue weighted by Gasteiger charge is 2.32. The minimum atomic E-state index is -0.0970. The normalized spacial score (nSPS) is 13.7. The van der Waals surface area contributed by atoms with Crippen molar-refractivity contribution < 1.29 is 4.79 Å². The van der Waals surface area contributed by atoms with Gasteiger partial charge in [-0.1, -0.05) is 36.4 Å². The molecule has 4 rings (SSSR count). The van der Waals surface area contributed by atoms with Crippen molar-refractivity contribution in [1.82, 2.24) is 9.78 Å². The van der Waals surface area contributed by atoms with Crippen LogP contribution in [0.25, 0.3) is 5.69 Å². The molecule has 0 unspecified atom stereocenters. The number of anilines is 1. The molecule has 1 aliphatic rings. The third kappa shape index (κ3) is 2.75. The van der Waals surface area contributed by atoms with Gasteiger partial charge in [-0.05, 0) is 37.1 Å². The first-order valence-electron chi connectivity index (χ1n) is 7.82. The standard InChI is InChI=1S/C19H17N3O/c23-19(21-15-7-3-1-4-8-15)17-13-20-22(18(17)14-11-12-14)16-9-5-2-6-10-16/h1-10,13-14H,11-12H2,(H,21,23). The predicted molar refractivity (Wildman–Crippen MR) is 89.9 cm³/mol. The number of nitrogens with zero attached hydrogens (tertiary/aromatic N) is 2. The second kappa shape index (κ2) is 5.72. The predicted octanol–water partition coefficient (Wildman–Crippen LogP) is 4.00. The number of rotatable bonds is 4. The molecule has 1 N–H and O–H groups in total. The summed E-state index contributed by atoms with van der Waals surface area (Å²) in [5.41, 5.74) is 3.48. The van der Waals surface area contributed by atoms with Gasteiger partial charge in [-0.15, -0.1) is 0 Å². The molecule has 1 heterocycles. The van der Waals surface area contributed by atoms with Crippen molar-refractivity contribution in [2.45, 2.75) is 18.8 Å². The first kappa shape index (κ1) is 13.8. The summed E-state index contributed by atoms with van der Waals surface area (Å²) >= 11 is 0. The van der Waals surface area contributed by atoms with Crippen molar-refractivity contribution in [2.24, 2.45) is 0 Å². The number of nitrogens with one attached hydrogen (secondary N) is 1. The van der Waals surface area contributed by atoms with Gasteiger partial charge < -0.3 is 5.32 Å². The van der Waals surface area contributed by atoms with E-state index < -0.39 is 0 Å². The molecular formula is C19H17N3O. The van der Waals surface area contributed by atoms with Gasteiger partial charge in [0.1, 0.15) is 0 Å². The fourth-order valence-corrected chi connectivity index (χ4v) is 2.78. The number of carbonyl (C=O) groups excluding carboxylic acids is 1. The third-order valence-electron chi connectivity index (χ3n) is 4.05. The lowest BCUT2D eigenvalue weighted by atomic mass is 10.1. The summed E-state index contributed by atoms with van der Waals surface area (Å²) in [7, 11) is 0. The van der Waals surface area contributed by atoms with Crippen molar-refractivity contribution in [1.29, 1.82) is 0 Å². The SMILES string of the molecule is O=C(Nc1ccccc1)c1cnn(-c2ccccc2)c1C1CC1. The molecule has 0 bridgehead atoms. The van der Waals surface area contributed by atoms with E-state index in [1.807, 2.05) is 65.3 Å². The van der Waals surface area contributed by atoms with E-state index in [0.717, 1.165) is 29.9 Å². The molecule has 0 atom stereocenters. The summed E-state index contributed by atoms with van der Waals surface area (Å²) in [5.74, 6) is 0.328. The monoisotopic (exact) mass is 303 g/mol. The molecule has 1 aliphatic carbocycles. The van der Waals surface area contributed by atoms with Crippen LogP contribution in [0.4, 0.5) is 5.69 Å². The Bertz CT molecular complexity index is 820. The highest BCUT2D eigenvalue weighted by Crippen LogP contribution is 2.42. The van der Waals surface area contributed by atoms with Crippen LogP contribution in [0.1, 0.15) is 34.8 Å². The molecule has 4 nitrogen and oxygen atoms in total. The fraction of sp³-hybridized carbons (Fsp3) is 0.158. The molecule has 1 fully saturated rings. The maximum Gasteiger partial charge on any atom is 0.259 e. The van der Waals surface area contributed by atoms with Gasteiger partial charge in [0.15, 0.2) is 0 Å². The molecule has 2 aromatic carbocycles. The van der Waals surface area contributed by atoms with Crippen molar-refractivity contribution in [3.8, 4) is 5.69 Å². The van der Waals surface area contributed by atoms with Gasteiger partial charge in [0, 0.05) is 11.6 Å². The van der Waals surface area contributed by atoms with Crippen LogP contribution in [0.2, 0.25) is 0 Å². The number of para-hydroxylation sites is 2. The number of aromatic nitrogens is 2. The van der Waals surface area contributed by atoms with E-state index in [2.05, 4.69) is 10.4 Å². The first-order chi connectivity index (χ1) is 11.3. The highest BCUT2D eigenvalue weighted by atomic mass is 16.1. The lowest BCUT2D eigenvalue weighted by molar-refractivity contribution is 0.102. The summed E-state index contributed by atoms with van der Waals surface area (Å²) in [4.78, 5) is 12.6. The molecule has 0 saturated heterocycles. The zero-order valence-corrected chi connectivity index (χ0v) is 12.6. The summed E-state index contributed by atoms with van der Waals surface area (Å²) in [6.07, 6.45) is 3.91. The van der Waals surface area contributed by atoms with Crippen molar-refractivity contribution in [3.05, 3.63) is 78.1 Å². The Morgan fingerprint density at radius 1 is 1.00 bits per heavy atom.